The summed E-state index contributed by atoms with van der Waals surface area (Å²) in [5.74, 6) is 0.884. The summed E-state index contributed by atoms with van der Waals surface area (Å²) in [7, 11) is 0. The molecule has 0 spiro atoms. The van der Waals surface area contributed by atoms with E-state index in [1.165, 1.54) is 21.5 Å². The van der Waals surface area contributed by atoms with Crippen LogP contribution >= 0.6 is 23.4 Å². The maximum atomic E-state index is 5.86. The molecule has 0 saturated carbocycles. The van der Waals surface area contributed by atoms with Crippen molar-refractivity contribution in [2.45, 2.75) is 10.8 Å². The molecule has 0 unspecified atom stereocenters. The Morgan fingerprint density at radius 3 is 2.89 bits per heavy atom. The summed E-state index contributed by atoms with van der Waals surface area (Å²) >= 11 is 7.63. The lowest BCUT2D eigenvalue weighted by atomic mass is 10.3. The predicted molar refractivity (Wildman–Crippen MR) is 77.1 cm³/mol. The van der Waals surface area contributed by atoms with Crippen molar-refractivity contribution in [3.63, 3.8) is 0 Å². The van der Waals surface area contributed by atoms with E-state index in [-0.39, 0.29) is 0 Å². The molecule has 3 rings (SSSR count). The molecule has 0 aliphatic heterocycles. The van der Waals surface area contributed by atoms with Crippen LogP contribution in [-0.4, -0.2) is 9.97 Å². The quantitative estimate of drug-likeness (QED) is 0.562. The molecule has 0 amide bonds. The summed E-state index contributed by atoms with van der Waals surface area (Å²) in [6.07, 6.45) is 1.74. The van der Waals surface area contributed by atoms with Crippen LogP contribution in [0.5, 0.6) is 0 Å². The molecule has 90 valence electrons. The highest BCUT2D eigenvalue weighted by Gasteiger charge is 2.02. The lowest BCUT2D eigenvalue weighted by Crippen LogP contribution is -1.82. The van der Waals surface area contributed by atoms with Gasteiger partial charge in [0.05, 0.1) is 5.03 Å². The van der Waals surface area contributed by atoms with Crippen LogP contribution in [0.4, 0.5) is 0 Å². The molecule has 18 heavy (non-hydrogen) atoms. The zero-order valence-corrected chi connectivity index (χ0v) is 11.1. The molecule has 0 fully saturated rings. The van der Waals surface area contributed by atoms with E-state index in [2.05, 4.69) is 28.2 Å². The molecule has 1 aromatic carbocycles. The van der Waals surface area contributed by atoms with Gasteiger partial charge in [0.2, 0.25) is 0 Å². The van der Waals surface area contributed by atoms with Crippen molar-refractivity contribution < 1.29 is 0 Å². The van der Waals surface area contributed by atoms with Crippen LogP contribution in [0.25, 0.3) is 10.9 Å². The Morgan fingerprint density at radius 2 is 2.06 bits per heavy atom. The van der Waals surface area contributed by atoms with Crippen molar-refractivity contribution in [2.75, 3.05) is 0 Å². The fourth-order valence-electron chi connectivity index (χ4n) is 1.82. The molecule has 0 aliphatic rings. The highest BCUT2D eigenvalue weighted by molar-refractivity contribution is 7.98. The Balaban J connectivity index is 1.76. The summed E-state index contributed by atoms with van der Waals surface area (Å²) < 4.78 is 0. The van der Waals surface area contributed by atoms with Crippen molar-refractivity contribution in [1.82, 2.24) is 9.97 Å². The second-order valence-corrected chi connectivity index (χ2v) is 5.40. The van der Waals surface area contributed by atoms with Gasteiger partial charge in [-0.15, -0.1) is 11.8 Å². The van der Waals surface area contributed by atoms with Crippen LogP contribution in [0.1, 0.15) is 5.56 Å². The van der Waals surface area contributed by atoms with Gasteiger partial charge in [-0.05, 0) is 29.8 Å². The van der Waals surface area contributed by atoms with Crippen LogP contribution in [0.3, 0.4) is 0 Å². The molecule has 0 atom stereocenters. The van der Waals surface area contributed by atoms with Crippen LogP contribution in [0.2, 0.25) is 5.15 Å². The first-order chi connectivity index (χ1) is 8.81. The first-order valence-corrected chi connectivity index (χ1v) is 6.98. The molecule has 2 nitrogen and oxygen atoms in total. The maximum Gasteiger partial charge on any atom is 0.129 e. The number of benzene rings is 1. The molecule has 0 radical (unpaired) electrons. The lowest BCUT2D eigenvalue weighted by molar-refractivity contribution is 1.22. The van der Waals surface area contributed by atoms with Gasteiger partial charge >= 0.3 is 0 Å². The predicted octanol–water partition coefficient (Wildman–Crippen LogP) is 4.51. The molecule has 2 aromatic heterocycles. The number of aromatic amines is 1. The van der Waals surface area contributed by atoms with Crippen molar-refractivity contribution in [1.29, 1.82) is 0 Å². The van der Waals surface area contributed by atoms with Crippen molar-refractivity contribution in [2.24, 2.45) is 0 Å². The second kappa shape index (κ2) is 5.04. The number of aromatic nitrogens is 2. The van der Waals surface area contributed by atoms with Gasteiger partial charge in [0.25, 0.3) is 0 Å². The Labute approximate surface area is 114 Å². The molecule has 3 aromatic rings. The lowest BCUT2D eigenvalue weighted by Gasteiger charge is -1.99. The summed E-state index contributed by atoms with van der Waals surface area (Å²) in [6.45, 7) is 0. The summed E-state index contributed by atoms with van der Waals surface area (Å²) in [5.41, 5.74) is 2.35. The highest BCUT2D eigenvalue weighted by Crippen LogP contribution is 2.26. The zero-order valence-electron chi connectivity index (χ0n) is 9.56. The number of pyridine rings is 1. The van der Waals surface area contributed by atoms with Gasteiger partial charge in [0.1, 0.15) is 5.15 Å². The number of thioether (sulfide) groups is 1. The number of halogens is 1. The number of nitrogens with zero attached hydrogens (tertiary/aromatic N) is 1. The standard InChI is InChI=1S/C14H11ClN2S/c15-13-7-10(5-6-16-13)9-18-14-8-11-3-1-2-4-12(11)17-14/h1-8,17H,9H2. The second-order valence-electron chi connectivity index (χ2n) is 4.00. The third-order valence-corrected chi connectivity index (χ3v) is 3.91. The van der Waals surface area contributed by atoms with Gasteiger partial charge in [0.15, 0.2) is 0 Å². The van der Waals surface area contributed by atoms with Gasteiger partial charge < -0.3 is 4.98 Å². The smallest absolute Gasteiger partial charge is 0.129 e. The SMILES string of the molecule is Clc1cc(CSc2cc3ccccc3[nH]2)ccn1. The number of fused-ring (bicyclic) bond motifs is 1. The van der Waals surface area contributed by atoms with Crippen LogP contribution in [-0.2, 0) is 5.75 Å². The topological polar surface area (TPSA) is 28.7 Å². The minimum Gasteiger partial charge on any atom is -0.350 e. The maximum absolute atomic E-state index is 5.86. The van der Waals surface area contributed by atoms with Crippen LogP contribution in [0.15, 0.2) is 53.7 Å². The fourth-order valence-corrected chi connectivity index (χ4v) is 2.91. The molecule has 0 saturated heterocycles. The minimum atomic E-state index is 0.546. The molecule has 1 N–H and O–H groups in total. The van der Waals surface area contributed by atoms with Gasteiger partial charge in [-0.25, -0.2) is 4.98 Å². The first kappa shape index (κ1) is 11.6. The van der Waals surface area contributed by atoms with E-state index in [9.17, 15) is 0 Å². The number of hydrogen-bond acceptors (Lipinski definition) is 2. The zero-order chi connectivity index (χ0) is 12.4. The van der Waals surface area contributed by atoms with Crippen LogP contribution in [0, 0.1) is 0 Å². The number of hydrogen-bond donors (Lipinski definition) is 1. The van der Waals surface area contributed by atoms with Crippen molar-refractivity contribution >= 4 is 34.3 Å². The minimum absolute atomic E-state index is 0.546. The van der Waals surface area contributed by atoms with Gasteiger partial charge in [0, 0.05) is 22.9 Å². The molecule has 0 aliphatic carbocycles. The summed E-state index contributed by atoms with van der Waals surface area (Å²) in [5, 5.41) is 2.96. The van der Waals surface area contributed by atoms with E-state index in [0.29, 0.717) is 5.15 Å². The molecule has 0 bridgehead atoms. The van der Waals surface area contributed by atoms with E-state index in [1.54, 1.807) is 18.0 Å². The van der Waals surface area contributed by atoms with E-state index in [0.717, 1.165) is 5.75 Å². The van der Waals surface area contributed by atoms with E-state index in [4.69, 9.17) is 11.6 Å². The largest absolute Gasteiger partial charge is 0.350 e. The summed E-state index contributed by atoms with van der Waals surface area (Å²) in [4.78, 5) is 7.37. The Bertz CT molecular complexity index is 645. The third kappa shape index (κ3) is 2.52. The Hall–Kier alpha value is -1.45. The third-order valence-electron chi connectivity index (χ3n) is 2.69. The highest BCUT2D eigenvalue weighted by atomic mass is 35.5. The fraction of sp³-hybridized carbons (Fsp3) is 0.0714. The van der Waals surface area contributed by atoms with E-state index >= 15 is 0 Å². The monoisotopic (exact) mass is 274 g/mol. The van der Waals surface area contributed by atoms with E-state index < -0.39 is 0 Å². The van der Waals surface area contributed by atoms with Gasteiger partial charge in [-0.2, -0.15) is 0 Å². The van der Waals surface area contributed by atoms with Gasteiger partial charge in [-0.3, -0.25) is 0 Å². The molecular weight excluding hydrogens is 264 g/mol. The normalized spacial score (nSPS) is 10.9. The first-order valence-electron chi connectivity index (χ1n) is 5.62. The average Bonchev–Trinajstić information content (AvgIpc) is 2.79. The van der Waals surface area contributed by atoms with Crippen molar-refractivity contribution in [3.8, 4) is 0 Å². The molecule has 2 heterocycles. The van der Waals surface area contributed by atoms with Gasteiger partial charge in [-0.1, -0.05) is 29.8 Å². The number of H-pyrrole nitrogens is 1. The van der Waals surface area contributed by atoms with Crippen molar-refractivity contribution in [3.05, 3.63) is 59.4 Å². The number of nitrogens with one attached hydrogen (secondary N) is 1. The summed E-state index contributed by atoms with van der Waals surface area (Å²) in [6, 6.07) is 14.3. The number of rotatable bonds is 3. The number of para-hydroxylation sites is 1. The average molecular weight is 275 g/mol. The Kier molecular flexibility index (Phi) is 3.26. The molecular formula is C14H11ClN2S. The van der Waals surface area contributed by atoms with E-state index in [1.807, 2.05) is 24.3 Å². The van der Waals surface area contributed by atoms with Crippen LogP contribution < -0.4 is 0 Å². The Morgan fingerprint density at radius 1 is 1.17 bits per heavy atom. The molecule has 4 heteroatoms.